The predicted molar refractivity (Wildman–Crippen MR) is 72.4 cm³/mol. The molecule has 2 unspecified atom stereocenters. The van der Waals surface area contributed by atoms with Crippen LogP contribution in [-0.2, 0) is 5.54 Å². The standard InChI is InChI=1S/C14H24N4O/c1-13(15)7-3-2-6-10(13)11-17-12(18-19-11)14(16)8-4-5-9-14/h10H,2-9,15-16H2,1H3. The van der Waals surface area contributed by atoms with Crippen molar-refractivity contribution in [3.05, 3.63) is 11.7 Å². The Morgan fingerprint density at radius 2 is 1.79 bits per heavy atom. The first-order valence-electron chi connectivity index (χ1n) is 7.43. The SMILES string of the molecule is CC1(N)CCCCC1c1nc(C2(N)CCCC2)no1. The summed E-state index contributed by atoms with van der Waals surface area (Å²) >= 11 is 0. The molecule has 0 bridgehead atoms. The molecule has 0 saturated heterocycles. The smallest absolute Gasteiger partial charge is 0.231 e. The van der Waals surface area contributed by atoms with Crippen LogP contribution >= 0.6 is 0 Å². The van der Waals surface area contributed by atoms with Crippen molar-refractivity contribution < 1.29 is 4.52 Å². The summed E-state index contributed by atoms with van der Waals surface area (Å²) in [4.78, 5) is 4.60. The number of rotatable bonds is 2. The maximum atomic E-state index is 6.39. The fraction of sp³-hybridized carbons (Fsp3) is 0.857. The van der Waals surface area contributed by atoms with Crippen LogP contribution in [0.1, 0.15) is 75.9 Å². The summed E-state index contributed by atoms with van der Waals surface area (Å²) in [5.74, 6) is 1.55. The van der Waals surface area contributed by atoms with E-state index in [2.05, 4.69) is 17.1 Å². The third kappa shape index (κ3) is 2.30. The van der Waals surface area contributed by atoms with Gasteiger partial charge in [-0.1, -0.05) is 30.8 Å². The number of nitrogens with zero attached hydrogens (tertiary/aromatic N) is 2. The van der Waals surface area contributed by atoms with Crippen LogP contribution in [0.15, 0.2) is 4.52 Å². The molecule has 2 atom stereocenters. The van der Waals surface area contributed by atoms with Crippen molar-refractivity contribution in [3.8, 4) is 0 Å². The van der Waals surface area contributed by atoms with Crippen LogP contribution in [0.5, 0.6) is 0 Å². The Kier molecular flexibility index (Phi) is 3.14. The van der Waals surface area contributed by atoms with E-state index >= 15 is 0 Å². The zero-order chi connectivity index (χ0) is 13.5. The Hall–Kier alpha value is -0.940. The van der Waals surface area contributed by atoms with E-state index in [4.69, 9.17) is 16.0 Å². The minimum Gasteiger partial charge on any atom is -0.339 e. The van der Waals surface area contributed by atoms with Gasteiger partial charge in [0.15, 0.2) is 5.82 Å². The molecular formula is C14H24N4O. The van der Waals surface area contributed by atoms with Crippen molar-refractivity contribution in [2.24, 2.45) is 11.5 Å². The predicted octanol–water partition coefficient (Wildman–Crippen LogP) is 2.17. The molecule has 3 rings (SSSR count). The molecule has 4 N–H and O–H groups in total. The van der Waals surface area contributed by atoms with E-state index in [1.807, 2.05) is 0 Å². The van der Waals surface area contributed by atoms with Gasteiger partial charge in [-0.3, -0.25) is 0 Å². The molecule has 0 amide bonds. The molecule has 0 aliphatic heterocycles. The summed E-state index contributed by atoms with van der Waals surface area (Å²) < 4.78 is 5.50. The second kappa shape index (κ2) is 4.56. The van der Waals surface area contributed by atoms with Gasteiger partial charge in [-0.05, 0) is 32.6 Å². The van der Waals surface area contributed by atoms with E-state index in [0.717, 1.165) is 38.5 Å². The second-order valence-electron chi connectivity index (χ2n) is 6.62. The summed E-state index contributed by atoms with van der Waals surface area (Å²) in [5, 5.41) is 4.14. The number of hydrogen-bond acceptors (Lipinski definition) is 5. The maximum absolute atomic E-state index is 6.39. The van der Waals surface area contributed by atoms with Crippen LogP contribution in [0, 0.1) is 0 Å². The van der Waals surface area contributed by atoms with Crippen LogP contribution in [0.4, 0.5) is 0 Å². The molecule has 1 aromatic rings. The number of nitrogens with two attached hydrogens (primary N) is 2. The fourth-order valence-electron chi connectivity index (χ4n) is 3.57. The van der Waals surface area contributed by atoms with Crippen molar-refractivity contribution in [2.45, 2.75) is 75.3 Å². The van der Waals surface area contributed by atoms with E-state index in [-0.39, 0.29) is 17.0 Å². The fourth-order valence-corrected chi connectivity index (χ4v) is 3.57. The van der Waals surface area contributed by atoms with Crippen LogP contribution in [-0.4, -0.2) is 15.7 Å². The molecule has 1 heterocycles. The molecule has 2 aliphatic rings. The average Bonchev–Trinajstić information content (AvgIpc) is 2.98. The molecule has 5 nitrogen and oxygen atoms in total. The van der Waals surface area contributed by atoms with E-state index in [0.29, 0.717) is 11.7 Å². The Balaban J connectivity index is 1.84. The average molecular weight is 264 g/mol. The normalized spacial score (nSPS) is 34.6. The monoisotopic (exact) mass is 264 g/mol. The first kappa shape index (κ1) is 13.1. The van der Waals surface area contributed by atoms with Crippen LogP contribution in [0.2, 0.25) is 0 Å². The van der Waals surface area contributed by atoms with Gasteiger partial charge in [0, 0.05) is 5.54 Å². The largest absolute Gasteiger partial charge is 0.339 e. The highest BCUT2D eigenvalue weighted by Crippen LogP contribution is 2.40. The molecule has 2 aliphatic carbocycles. The Bertz CT molecular complexity index is 448. The van der Waals surface area contributed by atoms with Gasteiger partial charge in [0.25, 0.3) is 0 Å². The van der Waals surface area contributed by atoms with Crippen molar-refractivity contribution in [2.75, 3.05) is 0 Å². The van der Waals surface area contributed by atoms with Gasteiger partial charge in [0.05, 0.1) is 11.5 Å². The van der Waals surface area contributed by atoms with Crippen molar-refractivity contribution in [1.29, 1.82) is 0 Å². The lowest BCUT2D eigenvalue weighted by molar-refractivity contribution is 0.222. The van der Waals surface area contributed by atoms with E-state index < -0.39 is 0 Å². The Morgan fingerprint density at radius 3 is 2.47 bits per heavy atom. The van der Waals surface area contributed by atoms with E-state index in [1.165, 1.54) is 12.8 Å². The zero-order valence-electron chi connectivity index (χ0n) is 11.7. The summed E-state index contributed by atoms with van der Waals surface area (Å²) in [6, 6.07) is 0. The first-order valence-corrected chi connectivity index (χ1v) is 7.43. The third-order valence-corrected chi connectivity index (χ3v) is 4.94. The second-order valence-corrected chi connectivity index (χ2v) is 6.62. The topological polar surface area (TPSA) is 91.0 Å². The van der Waals surface area contributed by atoms with Crippen LogP contribution < -0.4 is 11.5 Å². The molecule has 19 heavy (non-hydrogen) atoms. The van der Waals surface area contributed by atoms with Gasteiger partial charge in [-0.25, -0.2) is 0 Å². The van der Waals surface area contributed by atoms with Crippen molar-refractivity contribution >= 4 is 0 Å². The quantitative estimate of drug-likeness (QED) is 0.854. The van der Waals surface area contributed by atoms with Crippen molar-refractivity contribution in [1.82, 2.24) is 10.1 Å². The molecular weight excluding hydrogens is 240 g/mol. The summed E-state index contributed by atoms with van der Waals surface area (Å²) in [7, 11) is 0. The summed E-state index contributed by atoms with van der Waals surface area (Å²) in [5.41, 5.74) is 12.2. The lowest BCUT2D eigenvalue weighted by Crippen LogP contribution is -2.45. The molecule has 2 saturated carbocycles. The highest BCUT2D eigenvalue weighted by atomic mass is 16.5. The lowest BCUT2D eigenvalue weighted by atomic mass is 9.74. The first-order chi connectivity index (χ1) is 9.01. The van der Waals surface area contributed by atoms with Crippen LogP contribution in [0.25, 0.3) is 0 Å². The molecule has 106 valence electrons. The minimum absolute atomic E-state index is 0.174. The van der Waals surface area contributed by atoms with E-state index in [1.54, 1.807) is 0 Å². The highest BCUT2D eigenvalue weighted by molar-refractivity contribution is 5.11. The van der Waals surface area contributed by atoms with Gasteiger partial charge in [-0.2, -0.15) is 4.98 Å². The number of hydrogen-bond donors (Lipinski definition) is 2. The highest BCUT2D eigenvalue weighted by Gasteiger charge is 2.40. The van der Waals surface area contributed by atoms with Crippen LogP contribution in [0.3, 0.4) is 0 Å². The molecule has 2 fully saturated rings. The number of aromatic nitrogens is 2. The van der Waals surface area contributed by atoms with E-state index in [9.17, 15) is 0 Å². The third-order valence-electron chi connectivity index (χ3n) is 4.94. The summed E-state index contributed by atoms with van der Waals surface area (Å²) in [6.45, 7) is 2.09. The maximum Gasteiger partial charge on any atom is 0.231 e. The van der Waals surface area contributed by atoms with Gasteiger partial charge >= 0.3 is 0 Å². The zero-order valence-corrected chi connectivity index (χ0v) is 11.7. The molecule has 5 heteroatoms. The lowest BCUT2D eigenvalue weighted by Gasteiger charge is -2.35. The van der Waals surface area contributed by atoms with Gasteiger partial charge in [0.2, 0.25) is 5.89 Å². The van der Waals surface area contributed by atoms with Gasteiger partial charge in [0.1, 0.15) is 0 Å². The Morgan fingerprint density at radius 1 is 1.11 bits per heavy atom. The van der Waals surface area contributed by atoms with Crippen molar-refractivity contribution in [3.63, 3.8) is 0 Å². The van der Waals surface area contributed by atoms with Gasteiger partial charge < -0.3 is 16.0 Å². The Labute approximate surface area is 114 Å². The summed E-state index contributed by atoms with van der Waals surface area (Å²) in [6.07, 6.45) is 8.63. The minimum atomic E-state index is -0.374. The molecule has 0 radical (unpaired) electrons. The molecule has 0 spiro atoms. The molecule has 0 aromatic carbocycles. The van der Waals surface area contributed by atoms with Gasteiger partial charge in [-0.15, -0.1) is 0 Å². The molecule has 1 aromatic heterocycles.